The Bertz CT molecular complexity index is 438. The van der Waals surface area contributed by atoms with Gasteiger partial charge in [0.25, 0.3) is 0 Å². The maximum absolute atomic E-state index is 12.5. The SMILES string of the molecule is COc1ccc(CN(CCO)C2CC2)c(OC(F)F)c1. The lowest BCUT2D eigenvalue weighted by Gasteiger charge is -2.22. The molecule has 0 saturated heterocycles. The monoisotopic (exact) mass is 287 g/mol. The first kappa shape index (κ1) is 15.0. The van der Waals surface area contributed by atoms with Gasteiger partial charge in [-0.15, -0.1) is 0 Å². The molecule has 1 aromatic carbocycles. The fraction of sp³-hybridized carbons (Fsp3) is 0.571. The number of halogens is 2. The molecule has 0 aliphatic heterocycles. The van der Waals surface area contributed by atoms with Crippen LogP contribution in [0.3, 0.4) is 0 Å². The van der Waals surface area contributed by atoms with Gasteiger partial charge >= 0.3 is 6.61 Å². The van der Waals surface area contributed by atoms with Crippen LogP contribution in [0.1, 0.15) is 18.4 Å². The van der Waals surface area contributed by atoms with Crippen molar-refractivity contribution in [3.05, 3.63) is 23.8 Å². The Morgan fingerprint density at radius 3 is 2.70 bits per heavy atom. The van der Waals surface area contributed by atoms with Crippen LogP contribution in [0, 0.1) is 0 Å². The van der Waals surface area contributed by atoms with Gasteiger partial charge in [0.2, 0.25) is 0 Å². The molecule has 1 aromatic rings. The first-order chi connectivity index (χ1) is 9.63. The van der Waals surface area contributed by atoms with E-state index >= 15 is 0 Å². The second-order valence-corrected chi connectivity index (χ2v) is 4.78. The summed E-state index contributed by atoms with van der Waals surface area (Å²) in [6.07, 6.45) is 2.17. The van der Waals surface area contributed by atoms with Gasteiger partial charge in [-0.3, -0.25) is 4.90 Å². The summed E-state index contributed by atoms with van der Waals surface area (Å²) < 4.78 is 34.5. The van der Waals surface area contributed by atoms with Crippen LogP contribution in [0.5, 0.6) is 11.5 Å². The molecule has 0 amide bonds. The predicted octanol–water partition coefficient (Wildman–Crippen LogP) is 2.25. The molecule has 2 rings (SSSR count). The second-order valence-electron chi connectivity index (χ2n) is 4.78. The molecule has 20 heavy (non-hydrogen) atoms. The Morgan fingerprint density at radius 2 is 2.15 bits per heavy atom. The summed E-state index contributed by atoms with van der Waals surface area (Å²) in [6.45, 7) is -1.80. The first-order valence-electron chi connectivity index (χ1n) is 6.60. The molecule has 1 fully saturated rings. The number of hydrogen-bond donors (Lipinski definition) is 1. The van der Waals surface area contributed by atoms with E-state index < -0.39 is 6.61 Å². The number of methoxy groups -OCH3 is 1. The second kappa shape index (κ2) is 6.85. The average Bonchev–Trinajstić information content (AvgIpc) is 3.23. The first-order valence-corrected chi connectivity index (χ1v) is 6.60. The zero-order valence-corrected chi connectivity index (χ0v) is 11.4. The van der Waals surface area contributed by atoms with Crippen LogP contribution >= 0.6 is 0 Å². The van der Waals surface area contributed by atoms with E-state index in [0.717, 1.165) is 12.8 Å². The van der Waals surface area contributed by atoms with Gasteiger partial charge in [-0.05, 0) is 18.9 Å². The lowest BCUT2D eigenvalue weighted by atomic mass is 10.1. The Labute approximate surface area is 116 Å². The average molecular weight is 287 g/mol. The number of rotatable bonds is 8. The molecule has 0 heterocycles. The zero-order chi connectivity index (χ0) is 14.5. The van der Waals surface area contributed by atoms with Gasteiger partial charge in [0, 0.05) is 30.8 Å². The minimum atomic E-state index is -2.87. The van der Waals surface area contributed by atoms with E-state index in [4.69, 9.17) is 9.84 Å². The van der Waals surface area contributed by atoms with E-state index in [1.807, 2.05) is 0 Å². The molecule has 0 radical (unpaired) electrons. The topological polar surface area (TPSA) is 41.9 Å². The van der Waals surface area contributed by atoms with E-state index in [0.29, 0.717) is 30.4 Å². The molecule has 1 saturated carbocycles. The van der Waals surface area contributed by atoms with Crippen molar-refractivity contribution in [2.45, 2.75) is 32.0 Å². The number of aliphatic hydroxyl groups excluding tert-OH is 1. The van der Waals surface area contributed by atoms with Crippen molar-refractivity contribution in [1.29, 1.82) is 0 Å². The van der Waals surface area contributed by atoms with Crippen LogP contribution in [0.4, 0.5) is 8.78 Å². The third-order valence-electron chi connectivity index (χ3n) is 3.31. The number of benzene rings is 1. The van der Waals surface area contributed by atoms with Crippen LogP contribution in [0.25, 0.3) is 0 Å². The summed E-state index contributed by atoms with van der Waals surface area (Å²) in [7, 11) is 1.48. The maximum atomic E-state index is 12.5. The summed E-state index contributed by atoms with van der Waals surface area (Å²) in [6, 6.07) is 5.34. The van der Waals surface area contributed by atoms with Crippen LogP contribution in [-0.2, 0) is 6.54 Å². The highest BCUT2D eigenvalue weighted by Crippen LogP contribution is 2.32. The number of hydrogen-bond acceptors (Lipinski definition) is 4. The summed E-state index contributed by atoms with van der Waals surface area (Å²) in [5.74, 6) is 0.604. The molecule has 0 spiro atoms. The summed E-state index contributed by atoms with van der Waals surface area (Å²) in [5.41, 5.74) is 0.673. The standard InChI is InChI=1S/C14H19F2NO3/c1-19-12-5-2-10(13(8-12)20-14(15)16)9-17(6-7-18)11-3-4-11/h2,5,8,11,14,18H,3-4,6-7,9H2,1H3. The molecule has 0 bridgehead atoms. The molecule has 0 aromatic heterocycles. The number of nitrogens with zero attached hydrogens (tertiary/aromatic N) is 1. The highest BCUT2D eigenvalue weighted by atomic mass is 19.3. The summed E-state index contributed by atoms with van der Waals surface area (Å²) >= 11 is 0. The molecule has 112 valence electrons. The van der Waals surface area contributed by atoms with Crippen molar-refractivity contribution < 1.29 is 23.4 Å². The van der Waals surface area contributed by atoms with Crippen molar-refractivity contribution in [2.75, 3.05) is 20.3 Å². The minimum absolute atomic E-state index is 0.0533. The molecule has 6 heteroatoms. The Kier molecular flexibility index (Phi) is 5.14. The molecule has 0 atom stereocenters. The highest BCUT2D eigenvalue weighted by molar-refractivity contribution is 5.40. The third-order valence-corrected chi connectivity index (χ3v) is 3.31. The van der Waals surface area contributed by atoms with Gasteiger partial charge in [-0.1, -0.05) is 6.07 Å². The van der Waals surface area contributed by atoms with Gasteiger partial charge in [0.1, 0.15) is 11.5 Å². The van der Waals surface area contributed by atoms with Gasteiger partial charge in [0.05, 0.1) is 13.7 Å². The molecular weight excluding hydrogens is 268 g/mol. The fourth-order valence-electron chi connectivity index (χ4n) is 2.18. The van der Waals surface area contributed by atoms with Crippen molar-refractivity contribution >= 4 is 0 Å². The molecule has 1 aliphatic carbocycles. The fourth-order valence-corrected chi connectivity index (χ4v) is 2.18. The van der Waals surface area contributed by atoms with Gasteiger partial charge in [-0.25, -0.2) is 0 Å². The van der Waals surface area contributed by atoms with Crippen molar-refractivity contribution in [3.63, 3.8) is 0 Å². The Balaban J connectivity index is 2.15. The smallest absolute Gasteiger partial charge is 0.387 e. The number of aliphatic hydroxyl groups is 1. The lowest BCUT2D eigenvalue weighted by molar-refractivity contribution is -0.0509. The lowest BCUT2D eigenvalue weighted by Crippen LogP contribution is -2.28. The largest absolute Gasteiger partial charge is 0.497 e. The Morgan fingerprint density at radius 1 is 1.40 bits per heavy atom. The zero-order valence-electron chi connectivity index (χ0n) is 11.4. The van der Waals surface area contributed by atoms with E-state index in [1.165, 1.54) is 13.2 Å². The maximum Gasteiger partial charge on any atom is 0.387 e. The van der Waals surface area contributed by atoms with Crippen LogP contribution in [0.15, 0.2) is 18.2 Å². The van der Waals surface area contributed by atoms with E-state index in [-0.39, 0.29) is 12.4 Å². The van der Waals surface area contributed by atoms with Crippen LogP contribution in [0.2, 0.25) is 0 Å². The van der Waals surface area contributed by atoms with Gasteiger partial charge in [-0.2, -0.15) is 8.78 Å². The van der Waals surface area contributed by atoms with Crippen LogP contribution in [-0.4, -0.2) is 42.9 Å². The van der Waals surface area contributed by atoms with E-state index in [9.17, 15) is 8.78 Å². The highest BCUT2D eigenvalue weighted by Gasteiger charge is 2.29. The number of ether oxygens (including phenoxy) is 2. The van der Waals surface area contributed by atoms with Gasteiger partial charge < -0.3 is 14.6 Å². The minimum Gasteiger partial charge on any atom is -0.497 e. The van der Waals surface area contributed by atoms with E-state index in [1.54, 1.807) is 12.1 Å². The predicted molar refractivity (Wildman–Crippen MR) is 70.1 cm³/mol. The quantitative estimate of drug-likeness (QED) is 0.796. The molecule has 4 nitrogen and oxygen atoms in total. The Hall–Kier alpha value is -1.40. The van der Waals surface area contributed by atoms with Crippen molar-refractivity contribution in [2.24, 2.45) is 0 Å². The third kappa shape index (κ3) is 4.05. The van der Waals surface area contributed by atoms with Crippen molar-refractivity contribution in [3.8, 4) is 11.5 Å². The normalized spacial score (nSPS) is 14.9. The molecule has 0 unspecified atom stereocenters. The molecular formula is C14H19F2NO3. The van der Waals surface area contributed by atoms with E-state index in [2.05, 4.69) is 9.64 Å². The van der Waals surface area contributed by atoms with Crippen LogP contribution < -0.4 is 9.47 Å². The summed E-state index contributed by atoms with van der Waals surface area (Å²) in [4.78, 5) is 2.08. The van der Waals surface area contributed by atoms with Gasteiger partial charge in [0.15, 0.2) is 0 Å². The molecule has 1 aliphatic rings. The summed E-state index contributed by atoms with van der Waals surface area (Å²) in [5, 5.41) is 9.08. The van der Waals surface area contributed by atoms with Crippen molar-refractivity contribution in [1.82, 2.24) is 4.90 Å². The molecule has 1 N–H and O–H groups in total. The number of alkyl halides is 2.